The molecule has 2 atom stereocenters. The van der Waals surface area contributed by atoms with Gasteiger partial charge in [-0.25, -0.2) is 9.69 Å². The van der Waals surface area contributed by atoms with Crippen LogP contribution in [-0.4, -0.2) is 47.9 Å². The molecule has 4 rings (SSSR count). The van der Waals surface area contributed by atoms with Gasteiger partial charge in [0.05, 0.1) is 11.4 Å². The summed E-state index contributed by atoms with van der Waals surface area (Å²) in [6.45, 7) is 1.04. The zero-order chi connectivity index (χ0) is 16.8. The average Bonchev–Trinajstić information content (AvgIpc) is 3.30. The molecule has 1 unspecified atom stereocenters. The number of thiophene rings is 2. The lowest BCUT2D eigenvalue weighted by molar-refractivity contribution is -0.934. The maximum atomic E-state index is 12.2. The number of carbonyl (C=O) groups excluding carboxylic acids is 3. The minimum absolute atomic E-state index is 0.0987. The maximum Gasteiger partial charge on any atom is 0.338 e. The molecule has 1 fully saturated rings. The van der Waals surface area contributed by atoms with Crippen LogP contribution in [0.1, 0.15) is 21.4 Å². The minimum Gasteiger partial charge on any atom is -0.306 e. The SMILES string of the molecule is CN1C(=O)C(=O)N(C[NH+]2CCc3sccc3[C@H]2c2cccs2)C1=O. The van der Waals surface area contributed by atoms with Crippen LogP contribution >= 0.6 is 22.7 Å². The summed E-state index contributed by atoms with van der Waals surface area (Å²) in [5, 5.41) is 4.13. The summed E-state index contributed by atoms with van der Waals surface area (Å²) in [6.07, 6.45) is 0.921. The smallest absolute Gasteiger partial charge is 0.306 e. The van der Waals surface area contributed by atoms with Crippen LogP contribution in [0.4, 0.5) is 4.79 Å². The molecule has 1 N–H and O–H groups in total. The predicted molar refractivity (Wildman–Crippen MR) is 89.9 cm³/mol. The van der Waals surface area contributed by atoms with E-state index in [4.69, 9.17) is 0 Å². The number of imide groups is 2. The first-order chi connectivity index (χ1) is 11.6. The molecule has 2 aliphatic rings. The zero-order valence-electron chi connectivity index (χ0n) is 13.0. The molecule has 124 valence electrons. The van der Waals surface area contributed by atoms with Crippen LogP contribution in [0, 0.1) is 0 Å². The van der Waals surface area contributed by atoms with Crippen LogP contribution in [0.15, 0.2) is 29.0 Å². The second kappa shape index (κ2) is 5.80. The molecule has 0 aliphatic carbocycles. The molecule has 1 saturated heterocycles. The van der Waals surface area contributed by atoms with Crippen LogP contribution in [0.3, 0.4) is 0 Å². The summed E-state index contributed by atoms with van der Waals surface area (Å²) in [7, 11) is 1.35. The van der Waals surface area contributed by atoms with Crippen LogP contribution in [-0.2, 0) is 16.0 Å². The number of urea groups is 1. The maximum absolute atomic E-state index is 12.2. The van der Waals surface area contributed by atoms with E-state index in [9.17, 15) is 14.4 Å². The van der Waals surface area contributed by atoms with Gasteiger partial charge in [0.2, 0.25) is 0 Å². The second-order valence-electron chi connectivity index (χ2n) is 5.94. The Morgan fingerprint density at radius 3 is 2.67 bits per heavy atom. The molecule has 0 spiro atoms. The van der Waals surface area contributed by atoms with Crippen LogP contribution in [0.5, 0.6) is 0 Å². The summed E-state index contributed by atoms with van der Waals surface area (Å²) in [5.74, 6) is -1.48. The third kappa shape index (κ3) is 2.29. The van der Waals surface area contributed by atoms with Crippen LogP contribution < -0.4 is 4.90 Å². The van der Waals surface area contributed by atoms with Gasteiger partial charge < -0.3 is 4.90 Å². The Morgan fingerprint density at radius 1 is 1.17 bits per heavy atom. The highest BCUT2D eigenvalue weighted by molar-refractivity contribution is 7.10. The van der Waals surface area contributed by atoms with Crippen molar-refractivity contribution in [1.29, 1.82) is 0 Å². The number of fused-ring (bicyclic) bond motifs is 1. The molecule has 0 aromatic carbocycles. The van der Waals surface area contributed by atoms with E-state index in [-0.39, 0.29) is 12.7 Å². The van der Waals surface area contributed by atoms with Crippen molar-refractivity contribution in [2.45, 2.75) is 12.5 Å². The minimum atomic E-state index is -0.750. The van der Waals surface area contributed by atoms with E-state index in [0.717, 1.165) is 27.7 Å². The van der Waals surface area contributed by atoms with E-state index in [1.165, 1.54) is 22.4 Å². The molecule has 8 heteroatoms. The molecular weight excluding hydrogens is 346 g/mol. The predicted octanol–water partition coefficient (Wildman–Crippen LogP) is 0.718. The van der Waals surface area contributed by atoms with E-state index in [2.05, 4.69) is 17.5 Å². The topological polar surface area (TPSA) is 62.1 Å². The highest BCUT2D eigenvalue weighted by atomic mass is 32.1. The highest BCUT2D eigenvalue weighted by Crippen LogP contribution is 2.31. The number of quaternary nitrogens is 1. The number of likely N-dealkylation sites (N-methyl/N-ethyl adjacent to an activating group) is 1. The van der Waals surface area contributed by atoms with Crippen molar-refractivity contribution in [1.82, 2.24) is 9.80 Å². The largest absolute Gasteiger partial charge is 0.338 e. The Kier molecular flexibility index (Phi) is 3.75. The molecule has 6 nitrogen and oxygen atoms in total. The molecule has 0 bridgehead atoms. The molecule has 0 saturated carbocycles. The first-order valence-corrected chi connectivity index (χ1v) is 9.41. The number of hydrogen-bond donors (Lipinski definition) is 1. The van der Waals surface area contributed by atoms with Gasteiger partial charge in [-0.05, 0) is 22.9 Å². The fraction of sp³-hybridized carbons (Fsp3) is 0.312. The monoisotopic (exact) mass is 362 g/mol. The number of nitrogens with one attached hydrogen (secondary N) is 1. The molecule has 0 radical (unpaired) electrons. The van der Waals surface area contributed by atoms with Gasteiger partial charge in [0, 0.05) is 23.9 Å². The number of nitrogens with zero attached hydrogens (tertiary/aromatic N) is 2. The molecule has 2 aliphatic heterocycles. The van der Waals surface area contributed by atoms with Crippen molar-refractivity contribution < 1.29 is 19.3 Å². The molecule has 2 aromatic heterocycles. The van der Waals surface area contributed by atoms with Gasteiger partial charge in [-0.1, -0.05) is 6.07 Å². The van der Waals surface area contributed by atoms with Crippen LogP contribution in [0.25, 0.3) is 0 Å². The average molecular weight is 362 g/mol. The normalized spacial score (nSPS) is 24.0. The fourth-order valence-corrected chi connectivity index (χ4v) is 5.21. The van der Waals surface area contributed by atoms with Gasteiger partial charge in [-0.3, -0.25) is 14.5 Å². The second-order valence-corrected chi connectivity index (χ2v) is 7.92. The number of rotatable bonds is 3. The van der Waals surface area contributed by atoms with Gasteiger partial charge >= 0.3 is 17.8 Å². The van der Waals surface area contributed by atoms with E-state index in [0.29, 0.717) is 0 Å². The van der Waals surface area contributed by atoms with E-state index in [1.54, 1.807) is 22.7 Å². The Hall–Kier alpha value is -2.03. The van der Waals surface area contributed by atoms with Gasteiger partial charge in [0.15, 0.2) is 12.7 Å². The van der Waals surface area contributed by atoms with Crippen molar-refractivity contribution in [3.63, 3.8) is 0 Å². The molecule has 4 amide bonds. The number of carbonyl (C=O) groups is 3. The van der Waals surface area contributed by atoms with E-state index in [1.807, 2.05) is 11.4 Å². The van der Waals surface area contributed by atoms with Gasteiger partial charge in [-0.15, -0.1) is 22.7 Å². The quantitative estimate of drug-likeness (QED) is 0.646. The summed E-state index contributed by atoms with van der Waals surface area (Å²) in [5.41, 5.74) is 1.27. The number of amides is 4. The van der Waals surface area contributed by atoms with Gasteiger partial charge in [-0.2, -0.15) is 0 Å². The standard InChI is InChI=1S/C16H15N3O3S2/c1-17-14(20)15(21)19(16(17)22)9-18-6-4-11-10(5-8-24-11)13(18)12-3-2-7-23-12/h2-3,5,7-8,13H,4,6,9H2,1H3/p+1/t13-/m0/s1. The molecule has 2 aromatic rings. The first-order valence-electron chi connectivity index (χ1n) is 7.65. The summed E-state index contributed by atoms with van der Waals surface area (Å²) in [6, 6.07) is 5.81. The summed E-state index contributed by atoms with van der Waals surface area (Å²) >= 11 is 3.43. The molecule has 24 heavy (non-hydrogen) atoms. The lowest BCUT2D eigenvalue weighted by Crippen LogP contribution is -3.15. The van der Waals surface area contributed by atoms with E-state index < -0.39 is 17.8 Å². The van der Waals surface area contributed by atoms with Crippen molar-refractivity contribution in [3.05, 3.63) is 44.3 Å². The van der Waals surface area contributed by atoms with Gasteiger partial charge in [0.25, 0.3) is 0 Å². The Bertz CT molecular complexity index is 814. The lowest BCUT2D eigenvalue weighted by atomic mass is 9.99. The first kappa shape index (κ1) is 15.5. The molecule has 4 heterocycles. The third-order valence-electron chi connectivity index (χ3n) is 4.61. The highest BCUT2D eigenvalue weighted by Gasteiger charge is 2.46. The Balaban J connectivity index is 1.66. The Labute approximate surface area is 146 Å². The molecular formula is C16H16N3O3S2+. The third-order valence-corrected chi connectivity index (χ3v) is 6.55. The van der Waals surface area contributed by atoms with Crippen molar-refractivity contribution >= 4 is 40.5 Å². The van der Waals surface area contributed by atoms with E-state index >= 15 is 0 Å². The van der Waals surface area contributed by atoms with Crippen molar-refractivity contribution in [3.8, 4) is 0 Å². The van der Waals surface area contributed by atoms with Crippen molar-refractivity contribution in [2.24, 2.45) is 0 Å². The lowest BCUT2D eigenvalue weighted by Gasteiger charge is -2.33. The number of hydrogen-bond acceptors (Lipinski definition) is 5. The Morgan fingerprint density at radius 2 is 2.00 bits per heavy atom. The summed E-state index contributed by atoms with van der Waals surface area (Å²) < 4.78 is 0. The zero-order valence-corrected chi connectivity index (χ0v) is 14.7. The van der Waals surface area contributed by atoms with Gasteiger partial charge in [0.1, 0.15) is 0 Å². The van der Waals surface area contributed by atoms with Crippen LogP contribution in [0.2, 0.25) is 0 Å². The van der Waals surface area contributed by atoms with Crippen molar-refractivity contribution in [2.75, 3.05) is 20.3 Å². The fourth-order valence-electron chi connectivity index (χ4n) is 3.39. The summed E-state index contributed by atoms with van der Waals surface area (Å²) in [4.78, 5) is 41.7.